The van der Waals surface area contributed by atoms with Crippen LogP contribution in [0.25, 0.3) is 16.5 Å². The Hall–Kier alpha value is -3.06. The summed E-state index contributed by atoms with van der Waals surface area (Å²) in [6.45, 7) is 11.6. The van der Waals surface area contributed by atoms with Crippen LogP contribution in [-0.2, 0) is 21.2 Å². The number of amides is 1. The lowest BCUT2D eigenvalue weighted by molar-refractivity contribution is 0.0261. The van der Waals surface area contributed by atoms with Crippen molar-refractivity contribution in [2.24, 2.45) is 0 Å². The van der Waals surface area contributed by atoms with Crippen LogP contribution in [0.2, 0.25) is 0 Å². The van der Waals surface area contributed by atoms with Gasteiger partial charge in [0.15, 0.2) is 0 Å². The number of carbonyl (C=O) groups is 1. The van der Waals surface area contributed by atoms with E-state index < -0.39 is 21.7 Å². The molecule has 0 N–H and O–H groups in total. The van der Waals surface area contributed by atoms with Crippen molar-refractivity contribution in [3.8, 4) is 0 Å². The standard InChI is InChI=1S/C25H28N2O4S/c1-16-10-12-19(13-11-16)32(29,30)27-15-18-14-22(26(6)24(28)31-25(3,4)5)17(2)20-8-7-9-21(27)23(18)20/h7-13,15,22H,2,14H2,1,3-6H3. The van der Waals surface area contributed by atoms with Crippen LogP contribution in [0.15, 0.2) is 60.1 Å². The van der Waals surface area contributed by atoms with Gasteiger partial charge in [0, 0.05) is 18.6 Å². The van der Waals surface area contributed by atoms with Gasteiger partial charge in [0.2, 0.25) is 0 Å². The number of hydrogen-bond donors (Lipinski definition) is 0. The van der Waals surface area contributed by atoms with E-state index in [2.05, 4.69) is 6.58 Å². The van der Waals surface area contributed by atoms with Gasteiger partial charge in [-0.2, -0.15) is 0 Å². The second kappa shape index (κ2) is 7.52. The predicted octanol–water partition coefficient (Wildman–Crippen LogP) is 4.99. The predicted molar refractivity (Wildman–Crippen MR) is 126 cm³/mol. The highest BCUT2D eigenvalue weighted by molar-refractivity contribution is 7.90. The molecule has 7 heteroatoms. The zero-order valence-electron chi connectivity index (χ0n) is 19.0. The van der Waals surface area contributed by atoms with Crippen molar-refractivity contribution in [1.29, 1.82) is 0 Å². The van der Waals surface area contributed by atoms with Gasteiger partial charge in [-0.25, -0.2) is 17.2 Å². The molecule has 1 aromatic heterocycles. The molecule has 1 amide bonds. The molecule has 0 spiro atoms. The van der Waals surface area contributed by atoms with Crippen molar-refractivity contribution in [3.05, 3.63) is 71.9 Å². The highest BCUT2D eigenvalue weighted by Crippen LogP contribution is 2.39. The Morgan fingerprint density at radius 3 is 2.44 bits per heavy atom. The summed E-state index contributed by atoms with van der Waals surface area (Å²) in [5.41, 5.74) is 3.46. The van der Waals surface area contributed by atoms with Crippen molar-refractivity contribution in [1.82, 2.24) is 8.87 Å². The maximum absolute atomic E-state index is 13.4. The summed E-state index contributed by atoms with van der Waals surface area (Å²) in [6, 6.07) is 12.0. The van der Waals surface area contributed by atoms with Crippen LogP contribution in [0.4, 0.5) is 4.79 Å². The summed E-state index contributed by atoms with van der Waals surface area (Å²) in [6.07, 6.45) is 1.69. The lowest BCUT2D eigenvalue weighted by atomic mass is 9.85. The van der Waals surface area contributed by atoms with Gasteiger partial charge in [0.1, 0.15) is 5.60 Å². The molecule has 6 nitrogen and oxygen atoms in total. The van der Waals surface area contributed by atoms with Gasteiger partial charge in [-0.05, 0) is 69.0 Å². The van der Waals surface area contributed by atoms with E-state index >= 15 is 0 Å². The minimum Gasteiger partial charge on any atom is -0.444 e. The van der Waals surface area contributed by atoms with Crippen LogP contribution < -0.4 is 0 Å². The molecule has 0 bridgehead atoms. The van der Waals surface area contributed by atoms with Crippen molar-refractivity contribution in [2.45, 2.75) is 50.7 Å². The smallest absolute Gasteiger partial charge is 0.410 e. The number of benzene rings is 2. The maximum atomic E-state index is 13.4. The normalized spacial score (nSPS) is 16.3. The number of rotatable bonds is 3. The summed E-state index contributed by atoms with van der Waals surface area (Å²) >= 11 is 0. The van der Waals surface area contributed by atoms with Gasteiger partial charge in [0.25, 0.3) is 10.0 Å². The number of ether oxygens (including phenoxy) is 1. The molecule has 32 heavy (non-hydrogen) atoms. The van der Waals surface area contributed by atoms with E-state index in [1.54, 1.807) is 48.5 Å². The third-order valence-electron chi connectivity index (χ3n) is 5.76. The average Bonchev–Trinajstić information content (AvgIpc) is 3.09. The number of aromatic nitrogens is 1. The lowest BCUT2D eigenvalue weighted by Gasteiger charge is -2.34. The highest BCUT2D eigenvalue weighted by Gasteiger charge is 2.34. The number of likely N-dealkylation sites (N-methyl/N-ethyl adjacent to an activating group) is 1. The summed E-state index contributed by atoms with van der Waals surface area (Å²) in [4.78, 5) is 14.5. The third kappa shape index (κ3) is 3.71. The largest absolute Gasteiger partial charge is 0.444 e. The zero-order valence-corrected chi connectivity index (χ0v) is 19.9. The number of aryl methyl sites for hydroxylation is 1. The van der Waals surface area contributed by atoms with Crippen LogP contribution in [0.3, 0.4) is 0 Å². The fourth-order valence-corrected chi connectivity index (χ4v) is 5.51. The summed E-state index contributed by atoms with van der Waals surface area (Å²) in [5.74, 6) is 0. The minimum absolute atomic E-state index is 0.234. The second-order valence-corrected chi connectivity index (χ2v) is 11.1. The topological polar surface area (TPSA) is 68.6 Å². The Morgan fingerprint density at radius 2 is 1.81 bits per heavy atom. The highest BCUT2D eigenvalue weighted by atomic mass is 32.2. The van der Waals surface area contributed by atoms with Crippen LogP contribution in [0.5, 0.6) is 0 Å². The van der Waals surface area contributed by atoms with Gasteiger partial charge in [-0.1, -0.05) is 36.4 Å². The molecule has 0 radical (unpaired) electrons. The first-order chi connectivity index (χ1) is 14.9. The monoisotopic (exact) mass is 452 g/mol. The van der Waals surface area contributed by atoms with Gasteiger partial charge >= 0.3 is 6.09 Å². The third-order valence-corrected chi connectivity index (χ3v) is 7.45. The van der Waals surface area contributed by atoms with Crippen molar-refractivity contribution in [3.63, 3.8) is 0 Å². The fraction of sp³-hybridized carbons (Fsp3) is 0.320. The van der Waals surface area contributed by atoms with Gasteiger partial charge in [-0.3, -0.25) is 0 Å². The Bertz CT molecular complexity index is 1330. The molecule has 0 aliphatic heterocycles. The van der Waals surface area contributed by atoms with E-state index in [9.17, 15) is 13.2 Å². The maximum Gasteiger partial charge on any atom is 0.410 e. The number of nitrogens with zero attached hydrogens (tertiary/aromatic N) is 2. The molecule has 1 aliphatic rings. The van der Waals surface area contributed by atoms with Crippen LogP contribution in [-0.4, -0.2) is 42.1 Å². The van der Waals surface area contributed by atoms with Gasteiger partial charge in [-0.15, -0.1) is 0 Å². The molecule has 1 unspecified atom stereocenters. The molecule has 1 atom stereocenters. The molecule has 1 heterocycles. The molecule has 3 aromatic rings. The van der Waals surface area contributed by atoms with Gasteiger partial charge < -0.3 is 9.64 Å². The second-order valence-electron chi connectivity index (χ2n) is 9.30. The molecule has 1 aliphatic carbocycles. The first-order valence-electron chi connectivity index (χ1n) is 10.5. The summed E-state index contributed by atoms with van der Waals surface area (Å²) in [7, 11) is -2.08. The Morgan fingerprint density at radius 1 is 1.16 bits per heavy atom. The number of carbonyl (C=O) groups excluding carboxylic acids is 1. The van der Waals surface area contributed by atoms with E-state index in [0.717, 1.165) is 27.6 Å². The number of hydrogen-bond acceptors (Lipinski definition) is 4. The molecule has 2 aromatic carbocycles. The molecule has 0 saturated carbocycles. The quantitative estimate of drug-likeness (QED) is 0.561. The first kappa shape index (κ1) is 22.1. The van der Waals surface area contributed by atoms with E-state index in [0.29, 0.717) is 11.9 Å². The molecule has 0 fully saturated rings. The summed E-state index contributed by atoms with van der Waals surface area (Å²) < 4.78 is 33.8. The van der Waals surface area contributed by atoms with E-state index in [4.69, 9.17) is 4.74 Å². The molecule has 168 valence electrons. The van der Waals surface area contributed by atoms with E-state index in [-0.39, 0.29) is 10.9 Å². The molecular weight excluding hydrogens is 424 g/mol. The lowest BCUT2D eigenvalue weighted by Crippen LogP contribution is -2.43. The zero-order chi connectivity index (χ0) is 23.4. The molecule has 4 rings (SSSR count). The van der Waals surface area contributed by atoms with E-state index in [1.807, 2.05) is 39.8 Å². The average molecular weight is 453 g/mol. The van der Waals surface area contributed by atoms with Crippen LogP contribution >= 0.6 is 0 Å². The SMILES string of the molecule is C=C1c2cccc3c2c(cn3S(=O)(=O)c2ccc(C)cc2)CC1N(C)C(=O)OC(C)(C)C. The Labute approximate surface area is 189 Å². The van der Waals surface area contributed by atoms with Gasteiger partial charge in [0.05, 0.1) is 16.5 Å². The van der Waals surface area contributed by atoms with E-state index in [1.165, 1.54) is 3.97 Å². The fourth-order valence-electron chi connectivity index (χ4n) is 4.12. The van der Waals surface area contributed by atoms with Crippen molar-refractivity contribution >= 4 is 32.6 Å². The Kier molecular flexibility index (Phi) is 5.20. The minimum atomic E-state index is -3.77. The van der Waals surface area contributed by atoms with Crippen LogP contribution in [0.1, 0.15) is 37.5 Å². The van der Waals surface area contributed by atoms with Crippen molar-refractivity contribution < 1.29 is 17.9 Å². The first-order valence-corrected chi connectivity index (χ1v) is 11.9. The Balaban J connectivity index is 1.79. The van der Waals surface area contributed by atoms with Crippen molar-refractivity contribution in [2.75, 3.05) is 7.05 Å². The van der Waals surface area contributed by atoms with Crippen LogP contribution in [0, 0.1) is 6.92 Å². The molecule has 0 saturated heterocycles. The summed E-state index contributed by atoms with van der Waals surface area (Å²) in [5, 5.41) is 0.863. The molecular formula is C25H28N2O4S.